The maximum atomic E-state index is 10.5. The summed E-state index contributed by atoms with van der Waals surface area (Å²) in [6.45, 7) is 0. The molecule has 0 saturated heterocycles. The first-order valence-corrected chi connectivity index (χ1v) is 3.69. The van der Waals surface area contributed by atoms with Gasteiger partial charge in [0, 0.05) is 16.9 Å². The molecule has 0 atom stereocenters. The molecule has 1 N–H and O–H groups in total. The summed E-state index contributed by atoms with van der Waals surface area (Å²) >= 11 is 4.79. The third-order valence-corrected chi connectivity index (χ3v) is 1.89. The van der Waals surface area contributed by atoms with Crippen molar-refractivity contribution < 1.29 is 14.7 Å². The van der Waals surface area contributed by atoms with Crippen LogP contribution in [0.15, 0.2) is 23.3 Å². The molecule has 0 radical (unpaired) electrons. The lowest BCUT2D eigenvalue weighted by molar-refractivity contribution is -0.132. The Morgan fingerprint density at radius 3 is 2.83 bits per heavy atom. The average Bonchev–Trinajstić information content (AvgIpc) is 2.05. The standard InChI is InChI=1S/C8H6O3S/c9-4-5-1-2-7(12)6(3-5)8(10)11/h1,3-4H,2H2,(H,10,11). The van der Waals surface area contributed by atoms with E-state index in [1.165, 1.54) is 6.08 Å². The van der Waals surface area contributed by atoms with Crippen LogP contribution in [0.4, 0.5) is 0 Å². The molecular formula is C8H6O3S. The summed E-state index contributed by atoms with van der Waals surface area (Å²) in [7, 11) is 0. The van der Waals surface area contributed by atoms with Gasteiger partial charge in [-0.15, -0.1) is 0 Å². The van der Waals surface area contributed by atoms with Crippen LogP contribution < -0.4 is 0 Å². The van der Waals surface area contributed by atoms with Crippen molar-refractivity contribution in [3.8, 4) is 0 Å². The van der Waals surface area contributed by atoms with Crippen LogP contribution in [0.3, 0.4) is 0 Å². The van der Waals surface area contributed by atoms with Crippen LogP contribution in [0.2, 0.25) is 0 Å². The van der Waals surface area contributed by atoms with Crippen LogP contribution in [0.25, 0.3) is 0 Å². The molecule has 12 heavy (non-hydrogen) atoms. The van der Waals surface area contributed by atoms with Gasteiger partial charge in [-0.3, -0.25) is 4.79 Å². The van der Waals surface area contributed by atoms with E-state index in [0.717, 1.165) is 0 Å². The van der Waals surface area contributed by atoms with E-state index in [4.69, 9.17) is 17.3 Å². The fourth-order valence-electron chi connectivity index (χ4n) is 0.890. The molecule has 3 nitrogen and oxygen atoms in total. The highest BCUT2D eigenvalue weighted by Gasteiger charge is 2.16. The van der Waals surface area contributed by atoms with Crippen molar-refractivity contribution in [2.75, 3.05) is 0 Å². The Kier molecular flexibility index (Phi) is 2.50. The van der Waals surface area contributed by atoms with Gasteiger partial charge in [0.15, 0.2) is 0 Å². The zero-order chi connectivity index (χ0) is 9.14. The predicted molar refractivity (Wildman–Crippen MR) is 47.1 cm³/mol. The largest absolute Gasteiger partial charge is 0.478 e. The number of thiocarbonyl (C=S) groups is 1. The maximum absolute atomic E-state index is 10.5. The van der Waals surface area contributed by atoms with Crippen molar-refractivity contribution >= 4 is 29.3 Å². The highest BCUT2D eigenvalue weighted by Crippen LogP contribution is 2.14. The molecule has 1 aliphatic carbocycles. The zero-order valence-corrected chi connectivity index (χ0v) is 6.93. The van der Waals surface area contributed by atoms with Gasteiger partial charge in [0.05, 0.1) is 5.57 Å². The Labute approximate surface area is 74.4 Å². The normalized spacial score (nSPS) is 16.5. The SMILES string of the molecule is O=CC1=CCC(=S)C(C(=O)O)=C1. The second-order valence-corrected chi connectivity index (χ2v) is 2.81. The van der Waals surface area contributed by atoms with Gasteiger partial charge in [0.25, 0.3) is 0 Å². The van der Waals surface area contributed by atoms with Gasteiger partial charge in [-0.05, 0) is 6.08 Å². The van der Waals surface area contributed by atoms with Crippen molar-refractivity contribution in [2.45, 2.75) is 6.42 Å². The van der Waals surface area contributed by atoms with Crippen LogP contribution in [-0.4, -0.2) is 22.2 Å². The minimum absolute atomic E-state index is 0.0506. The van der Waals surface area contributed by atoms with E-state index in [0.29, 0.717) is 23.1 Å². The van der Waals surface area contributed by atoms with E-state index >= 15 is 0 Å². The lowest BCUT2D eigenvalue weighted by atomic mass is 10.0. The van der Waals surface area contributed by atoms with E-state index in [9.17, 15) is 9.59 Å². The van der Waals surface area contributed by atoms with Crippen molar-refractivity contribution in [1.29, 1.82) is 0 Å². The molecule has 0 aromatic carbocycles. The van der Waals surface area contributed by atoms with E-state index in [-0.39, 0.29) is 5.57 Å². The lowest BCUT2D eigenvalue weighted by Crippen LogP contribution is -2.13. The molecule has 1 aliphatic rings. The number of carboxylic acids is 1. The number of aldehydes is 1. The monoisotopic (exact) mass is 182 g/mol. The summed E-state index contributed by atoms with van der Waals surface area (Å²) in [5.74, 6) is -1.08. The molecule has 0 unspecified atom stereocenters. The van der Waals surface area contributed by atoms with Gasteiger partial charge < -0.3 is 5.11 Å². The molecular weight excluding hydrogens is 176 g/mol. The van der Waals surface area contributed by atoms with Crippen LogP contribution in [0.1, 0.15) is 6.42 Å². The van der Waals surface area contributed by atoms with Crippen LogP contribution in [0.5, 0.6) is 0 Å². The van der Waals surface area contributed by atoms with Gasteiger partial charge >= 0.3 is 5.97 Å². The molecule has 0 heterocycles. The number of hydrogen-bond donors (Lipinski definition) is 1. The molecule has 0 saturated carbocycles. The summed E-state index contributed by atoms with van der Waals surface area (Å²) in [4.78, 5) is 21.2. The second-order valence-electron chi connectivity index (χ2n) is 2.31. The van der Waals surface area contributed by atoms with E-state index in [1.54, 1.807) is 6.08 Å². The van der Waals surface area contributed by atoms with Crippen LogP contribution in [0, 0.1) is 0 Å². The average molecular weight is 182 g/mol. The fraction of sp³-hybridized carbons (Fsp3) is 0.125. The first kappa shape index (κ1) is 8.80. The Morgan fingerprint density at radius 2 is 2.33 bits per heavy atom. The van der Waals surface area contributed by atoms with Crippen molar-refractivity contribution in [3.63, 3.8) is 0 Å². The molecule has 0 aromatic rings. The summed E-state index contributed by atoms with van der Waals surface area (Å²) < 4.78 is 0. The van der Waals surface area contributed by atoms with Crippen LogP contribution in [-0.2, 0) is 9.59 Å². The third-order valence-electron chi connectivity index (χ3n) is 1.50. The first-order valence-electron chi connectivity index (χ1n) is 3.28. The molecule has 0 amide bonds. The molecule has 0 spiro atoms. The summed E-state index contributed by atoms with van der Waals surface area (Å²) in [6, 6.07) is 0. The minimum atomic E-state index is -1.08. The quantitative estimate of drug-likeness (QED) is 0.509. The van der Waals surface area contributed by atoms with Crippen molar-refractivity contribution in [1.82, 2.24) is 0 Å². The minimum Gasteiger partial charge on any atom is -0.478 e. The number of allylic oxidation sites excluding steroid dienone is 3. The second kappa shape index (κ2) is 3.40. The molecule has 4 heteroatoms. The Balaban J connectivity index is 3.02. The zero-order valence-electron chi connectivity index (χ0n) is 6.11. The fourth-order valence-corrected chi connectivity index (χ4v) is 1.12. The Hall–Kier alpha value is -1.29. The molecule has 0 fully saturated rings. The smallest absolute Gasteiger partial charge is 0.336 e. The number of hydrogen-bond acceptors (Lipinski definition) is 3. The number of carboxylic acid groups (broad SMARTS) is 1. The topological polar surface area (TPSA) is 54.4 Å². The van der Waals surface area contributed by atoms with Gasteiger partial charge in [-0.25, -0.2) is 4.79 Å². The Bertz CT molecular complexity index is 312. The van der Waals surface area contributed by atoms with Crippen molar-refractivity contribution in [2.24, 2.45) is 0 Å². The molecule has 0 bridgehead atoms. The number of carbonyl (C=O) groups excluding carboxylic acids is 1. The van der Waals surface area contributed by atoms with Gasteiger partial charge in [0.1, 0.15) is 6.29 Å². The highest BCUT2D eigenvalue weighted by molar-refractivity contribution is 7.81. The summed E-state index contributed by atoms with van der Waals surface area (Å²) in [5, 5.41) is 8.62. The predicted octanol–water partition coefficient (Wildman–Crippen LogP) is 0.896. The van der Waals surface area contributed by atoms with Gasteiger partial charge in [0.2, 0.25) is 0 Å². The first-order chi connectivity index (χ1) is 5.65. The molecule has 0 aromatic heterocycles. The summed E-state index contributed by atoms with van der Waals surface area (Å²) in [5.41, 5.74) is 0.426. The van der Waals surface area contributed by atoms with Crippen molar-refractivity contribution in [3.05, 3.63) is 23.3 Å². The highest BCUT2D eigenvalue weighted by atomic mass is 32.1. The van der Waals surface area contributed by atoms with Gasteiger partial charge in [-0.2, -0.15) is 0 Å². The third kappa shape index (κ3) is 1.65. The number of aliphatic carboxylic acids is 1. The van der Waals surface area contributed by atoms with E-state index in [1.807, 2.05) is 0 Å². The van der Waals surface area contributed by atoms with Gasteiger partial charge in [-0.1, -0.05) is 18.3 Å². The lowest BCUT2D eigenvalue weighted by Gasteiger charge is -2.07. The van der Waals surface area contributed by atoms with E-state index < -0.39 is 5.97 Å². The Morgan fingerprint density at radius 1 is 1.67 bits per heavy atom. The molecule has 62 valence electrons. The maximum Gasteiger partial charge on any atom is 0.336 e. The molecule has 1 rings (SSSR count). The number of carbonyl (C=O) groups is 2. The number of rotatable bonds is 2. The molecule has 0 aliphatic heterocycles. The van der Waals surface area contributed by atoms with E-state index in [2.05, 4.69) is 0 Å². The summed E-state index contributed by atoms with van der Waals surface area (Å²) in [6.07, 6.45) is 3.88. The van der Waals surface area contributed by atoms with Crippen LogP contribution >= 0.6 is 12.2 Å².